The number of hydrogen-bond acceptors (Lipinski definition) is 6. The van der Waals surface area contributed by atoms with Crippen molar-refractivity contribution in [2.75, 3.05) is 25.4 Å². The Hall–Kier alpha value is -1.77. The molecule has 2 aliphatic rings. The van der Waals surface area contributed by atoms with E-state index in [2.05, 4.69) is 4.31 Å². The molecule has 1 unspecified atom stereocenters. The molecular weight excluding hydrogens is 466 g/mol. The number of nitrogen functional groups attached to an aromatic ring is 1. The van der Waals surface area contributed by atoms with Gasteiger partial charge in [0.15, 0.2) is 0 Å². The van der Waals surface area contributed by atoms with Crippen molar-refractivity contribution < 1.29 is 13.7 Å². The van der Waals surface area contributed by atoms with E-state index in [1.165, 1.54) is 37.1 Å². The van der Waals surface area contributed by atoms with Crippen molar-refractivity contribution in [2.24, 2.45) is 5.92 Å². The van der Waals surface area contributed by atoms with Gasteiger partial charge in [0, 0.05) is 42.9 Å². The Morgan fingerprint density at radius 2 is 1.91 bits per heavy atom. The van der Waals surface area contributed by atoms with Gasteiger partial charge in [-0.1, -0.05) is 46.1 Å². The van der Waals surface area contributed by atoms with Gasteiger partial charge in [0.05, 0.1) is 21.4 Å². The largest absolute Gasteiger partial charge is 0.465 e. The quantitative estimate of drug-likeness (QED) is 0.360. The van der Waals surface area contributed by atoms with Crippen molar-refractivity contribution in [3.05, 3.63) is 29.4 Å². The number of anilines is 1. The summed E-state index contributed by atoms with van der Waals surface area (Å²) in [6, 6.07) is 5.79. The van der Waals surface area contributed by atoms with Gasteiger partial charge in [0.25, 0.3) is 0 Å². The number of carbonyl (C=O) groups is 1. The van der Waals surface area contributed by atoms with Crippen LogP contribution in [0.25, 0.3) is 10.4 Å². The van der Waals surface area contributed by atoms with Gasteiger partial charge < -0.3 is 10.5 Å². The lowest BCUT2D eigenvalue weighted by Crippen LogP contribution is -2.22. The maximum atomic E-state index is 13.1. The summed E-state index contributed by atoms with van der Waals surface area (Å²) in [5, 5.41) is 1.24. The normalized spacial score (nSPS) is 17.9. The van der Waals surface area contributed by atoms with Gasteiger partial charge in [-0.3, -0.25) is 4.79 Å². The van der Waals surface area contributed by atoms with Gasteiger partial charge in [0.2, 0.25) is 0 Å². The van der Waals surface area contributed by atoms with Gasteiger partial charge in [-0.05, 0) is 43.7 Å². The average Bonchev–Trinajstić information content (AvgIpc) is 3.56. The highest BCUT2D eigenvalue weighted by atomic mass is 32.2. The molecule has 1 aromatic carbocycles. The van der Waals surface area contributed by atoms with Gasteiger partial charge in [-0.2, -0.15) is 0 Å². The first kappa shape index (κ1) is 26.8. The summed E-state index contributed by atoms with van der Waals surface area (Å²) in [7, 11) is -1.14. The molecule has 4 rings (SSSR count). The second kappa shape index (κ2) is 13.4. The summed E-state index contributed by atoms with van der Waals surface area (Å²) in [6.45, 7) is 8.18. The zero-order chi connectivity index (χ0) is 24.5. The van der Waals surface area contributed by atoms with E-state index < -0.39 is 11.0 Å². The van der Waals surface area contributed by atoms with Gasteiger partial charge in [0.1, 0.15) is 11.0 Å². The number of rotatable bonds is 7. The van der Waals surface area contributed by atoms with Crippen LogP contribution in [0.1, 0.15) is 83.1 Å². The minimum absolute atomic E-state index is 0.108. The first-order valence-electron chi connectivity index (χ1n) is 12.6. The van der Waals surface area contributed by atoms with Crippen LogP contribution >= 0.6 is 11.3 Å². The maximum Gasteiger partial charge on any atom is 0.305 e. The predicted molar refractivity (Wildman–Crippen MR) is 141 cm³/mol. The second-order valence-electron chi connectivity index (χ2n) is 9.47. The first-order valence-corrected chi connectivity index (χ1v) is 14.5. The Kier molecular flexibility index (Phi) is 10.5. The van der Waals surface area contributed by atoms with E-state index in [9.17, 15) is 9.00 Å². The standard InChI is InChI=1S/C19H25N3OS2.C7H14O2/c20-15-8-9-16(18(12-15)25(23)22-10-4-5-11-22)17-13-21-19(24-17)14-6-2-1-3-7-14;1-4-7(8)9-5-6(2)3/h8-9,12-14H,1-7,10-11,20H2;6H,4-5H2,1-3H3. The number of thiazole rings is 1. The Balaban J connectivity index is 0.000000309. The lowest BCUT2D eigenvalue weighted by Gasteiger charge is -2.19. The molecule has 1 atom stereocenters. The smallest absolute Gasteiger partial charge is 0.305 e. The molecule has 2 heterocycles. The number of aromatic nitrogens is 1. The van der Waals surface area contributed by atoms with Crippen LogP contribution in [0.3, 0.4) is 0 Å². The first-order chi connectivity index (χ1) is 16.4. The molecule has 0 spiro atoms. The molecule has 1 saturated carbocycles. The highest BCUT2D eigenvalue weighted by molar-refractivity contribution is 7.82. The fraction of sp³-hybridized carbons (Fsp3) is 0.615. The number of carbonyl (C=O) groups excluding carboxylic acids is 1. The topological polar surface area (TPSA) is 85.5 Å². The Bertz CT molecular complexity index is 949. The molecule has 1 aliphatic heterocycles. The summed E-state index contributed by atoms with van der Waals surface area (Å²) in [4.78, 5) is 17.2. The third-order valence-electron chi connectivity index (χ3n) is 6.10. The van der Waals surface area contributed by atoms with E-state index >= 15 is 0 Å². The molecular formula is C26H39N3O3S2. The van der Waals surface area contributed by atoms with Crippen molar-refractivity contribution in [3.8, 4) is 10.4 Å². The van der Waals surface area contributed by atoms with Gasteiger partial charge in [-0.25, -0.2) is 13.5 Å². The SMILES string of the molecule is CCC(=O)OCC(C)C.Nc1ccc(-c2cnc(C3CCCCC3)s2)c(S(=O)N2CCCC2)c1. The monoisotopic (exact) mass is 505 g/mol. The number of nitrogens with zero attached hydrogens (tertiary/aromatic N) is 2. The lowest BCUT2D eigenvalue weighted by molar-refractivity contribution is -0.144. The molecule has 0 radical (unpaired) electrons. The third kappa shape index (κ3) is 7.62. The molecule has 188 valence electrons. The molecule has 0 bridgehead atoms. The number of hydrogen-bond donors (Lipinski definition) is 1. The zero-order valence-electron chi connectivity index (χ0n) is 20.8. The van der Waals surface area contributed by atoms with Crippen LogP contribution in [0.15, 0.2) is 29.3 Å². The Labute approximate surface area is 210 Å². The van der Waals surface area contributed by atoms with E-state index in [-0.39, 0.29) is 5.97 Å². The van der Waals surface area contributed by atoms with Crippen LogP contribution in [-0.4, -0.2) is 39.2 Å². The summed E-state index contributed by atoms with van der Waals surface area (Å²) in [5.74, 6) is 0.943. The maximum absolute atomic E-state index is 13.1. The van der Waals surface area contributed by atoms with Crippen LogP contribution in [-0.2, 0) is 20.5 Å². The van der Waals surface area contributed by atoms with E-state index in [0.29, 0.717) is 30.6 Å². The fourth-order valence-electron chi connectivity index (χ4n) is 4.19. The highest BCUT2D eigenvalue weighted by Crippen LogP contribution is 2.39. The number of nitrogens with two attached hydrogens (primary N) is 1. The molecule has 6 nitrogen and oxygen atoms in total. The van der Waals surface area contributed by atoms with Crippen LogP contribution in [0.4, 0.5) is 5.69 Å². The molecule has 2 aromatic rings. The molecule has 1 aromatic heterocycles. The molecule has 1 saturated heterocycles. The Morgan fingerprint density at radius 3 is 2.56 bits per heavy atom. The lowest BCUT2D eigenvalue weighted by atomic mass is 9.90. The molecule has 8 heteroatoms. The van der Waals surface area contributed by atoms with E-state index in [1.807, 2.05) is 38.2 Å². The van der Waals surface area contributed by atoms with Crippen LogP contribution in [0.5, 0.6) is 0 Å². The summed E-state index contributed by atoms with van der Waals surface area (Å²) < 4.78 is 19.9. The fourth-order valence-corrected chi connectivity index (χ4v) is 6.85. The molecule has 34 heavy (non-hydrogen) atoms. The van der Waals surface area contributed by atoms with Crippen molar-refractivity contribution in [1.82, 2.24) is 9.29 Å². The van der Waals surface area contributed by atoms with Gasteiger partial charge in [-0.15, -0.1) is 11.3 Å². The molecule has 1 aliphatic carbocycles. The summed E-state index contributed by atoms with van der Waals surface area (Å²) in [6.07, 6.45) is 11.2. The minimum atomic E-state index is -1.14. The highest BCUT2D eigenvalue weighted by Gasteiger charge is 2.24. The zero-order valence-corrected chi connectivity index (χ0v) is 22.4. The molecule has 0 amide bonds. The molecule has 2 fully saturated rings. The van der Waals surface area contributed by atoms with E-state index in [0.717, 1.165) is 41.3 Å². The molecule has 2 N–H and O–H groups in total. The van der Waals surface area contributed by atoms with Crippen molar-refractivity contribution in [2.45, 2.75) is 83.0 Å². The second-order valence-corrected chi connectivity index (χ2v) is 12.0. The number of ether oxygens (including phenoxy) is 1. The van der Waals surface area contributed by atoms with E-state index in [1.54, 1.807) is 18.3 Å². The van der Waals surface area contributed by atoms with Crippen LogP contribution < -0.4 is 5.73 Å². The van der Waals surface area contributed by atoms with E-state index in [4.69, 9.17) is 15.5 Å². The van der Waals surface area contributed by atoms with Crippen molar-refractivity contribution in [3.63, 3.8) is 0 Å². The summed E-state index contributed by atoms with van der Waals surface area (Å²) >= 11 is 1.77. The minimum Gasteiger partial charge on any atom is -0.465 e. The van der Waals surface area contributed by atoms with Crippen molar-refractivity contribution >= 4 is 34.0 Å². The van der Waals surface area contributed by atoms with Gasteiger partial charge >= 0.3 is 5.97 Å². The van der Waals surface area contributed by atoms with Crippen LogP contribution in [0.2, 0.25) is 0 Å². The average molecular weight is 506 g/mol. The van der Waals surface area contributed by atoms with Crippen molar-refractivity contribution in [1.29, 1.82) is 0 Å². The predicted octanol–water partition coefficient (Wildman–Crippen LogP) is 6.15. The third-order valence-corrected chi connectivity index (χ3v) is 8.84. The summed E-state index contributed by atoms with van der Waals surface area (Å²) in [5.41, 5.74) is 7.70. The number of esters is 1. The Morgan fingerprint density at radius 1 is 1.21 bits per heavy atom. The van der Waals surface area contributed by atoms with Crippen LogP contribution in [0, 0.1) is 5.92 Å². The number of benzene rings is 1.